The summed E-state index contributed by atoms with van der Waals surface area (Å²) >= 11 is 3.07. The summed E-state index contributed by atoms with van der Waals surface area (Å²) in [6, 6.07) is 8.35. The van der Waals surface area contributed by atoms with E-state index >= 15 is 0 Å². The predicted octanol–water partition coefficient (Wildman–Crippen LogP) is 4.19. The minimum Gasteiger partial charge on any atom is -0.376 e. The van der Waals surface area contributed by atoms with Crippen molar-refractivity contribution in [2.45, 2.75) is 69.3 Å². The lowest BCUT2D eigenvalue weighted by Crippen LogP contribution is -2.37. The number of benzene rings is 1. The molecule has 34 heavy (non-hydrogen) atoms. The van der Waals surface area contributed by atoms with Gasteiger partial charge in [-0.2, -0.15) is 0 Å². The molecule has 6 rings (SSSR count). The lowest BCUT2D eigenvalue weighted by atomic mass is 9.97. The summed E-state index contributed by atoms with van der Waals surface area (Å²) in [7, 11) is 0. The van der Waals surface area contributed by atoms with Crippen LogP contribution in [-0.2, 0) is 41.9 Å². The van der Waals surface area contributed by atoms with Crippen molar-refractivity contribution >= 4 is 39.2 Å². The Kier molecular flexibility index (Phi) is 6.22. The molecule has 3 aliphatic rings. The topological polar surface area (TPSA) is 64.4 Å². The second-order valence-electron chi connectivity index (χ2n) is 9.46. The molecule has 1 amide bonds. The molecule has 1 atom stereocenters. The summed E-state index contributed by atoms with van der Waals surface area (Å²) in [5.74, 6) is 0.388. The van der Waals surface area contributed by atoms with Crippen LogP contribution in [0.3, 0.4) is 0 Å². The predicted molar refractivity (Wildman–Crippen MR) is 136 cm³/mol. The number of amides is 1. The lowest BCUT2D eigenvalue weighted by molar-refractivity contribution is -0.129. The lowest BCUT2D eigenvalue weighted by Gasteiger charge is -2.28. The van der Waals surface area contributed by atoms with E-state index in [0.717, 1.165) is 61.9 Å². The average molecular weight is 496 g/mol. The Balaban J connectivity index is 1.28. The molecular formula is C26H29N3O3S2. The maximum Gasteiger partial charge on any atom is 0.263 e. The van der Waals surface area contributed by atoms with E-state index in [2.05, 4.69) is 18.2 Å². The van der Waals surface area contributed by atoms with Gasteiger partial charge in [-0.25, -0.2) is 4.98 Å². The van der Waals surface area contributed by atoms with E-state index in [4.69, 9.17) is 9.72 Å². The van der Waals surface area contributed by atoms with E-state index in [1.165, 1.54) is 39.8 Å². The van der Waals surface area contributed by atoms with Crippen molar-refractivity contribution in [1.82, 2.24) is 14.5 Å². The maximum absolute atomic E-state index is 13.7. The third kappa shape index (κ3) is 4.20. The summed E-state index contributed by atoms with van der Waals surface area (Å²) in [4.78, 5) is 35.9. The summed E-state index contributed by atoms with van der Waals surface area (Å²) in [5.41, 5.74) is 3.82. The SMILES string of the molecule is O=C(CSc1nc2sc3c(c2c(=O)n1CC1CCCO1)CCCC3)N1CCc2ccccc2C1. The maximum atomic E-state index is 13.7. The van der Waals surface area contributed by atoms with Crippen LogP contribution in [0.4, 0.5) is 0 Å². The highest BCUT2D eigenvalue weighted by Crippen LogP contribution is 2.35. The molecule has 4 heterocycles. The number of hydrogen-bond acceptors (Lipinski definition) is 6. The molecule has 1 unspecified atom stereocenters. The molecule has 1 saturated heterocycles. The zero-order chi connectivity index (χ0) is 23.1. The highest BCUT2D eigenvalue weighted by atomic mass is 32.2. The van der Waals surface area contributed by atoms with Crippen LogP contribution in [0, 0.1) is 0 Å². The minimum absolute atomic E-state index is 0.0417. The molecule has 2 aliphatic heterocycles. The highest BCUT2D eigenvalue weighted by Gasteiger charge is 2.26. The minimum atomic E-state index is 0.0417. The number of nitrogens with zero attached hydrogens (tertiary/aromatic N) is 3. The van der Waals surface area contributed by atoms with Crippen molar-refractivity contribution in [2.24, 2.45) is 0 Å². The van der Waals surface area contributed by atoms with Gasteiger partial charge in [-0.3, -0.25) is 14.2 Å². The second-order valence-corrected chi connectivity index (χ2v) is 11.5. The van der Waals surface area contributed by atoms with Crippen LogP contribution in [0.15, 0.2) is 34.2 Å². The van der Waals surface area contributed by atoms with E-state index < -0.39 is 0 Å². The quantitative estimate of drug-likeness (QED) is 0.392. The Morgan fingerprint density at radius 3 is 2.85 bits per heavy atom. The molecule has 0 radical (unpaired) electrons. The molecule has 1 fully saturated rings. The van der Waals surface area contributed by atoms with Crippen LogP contribution >= 0.6 is 23.1 Å². The number of thioether (sulfide) groups is 1. The zero-order valence-electron chi connectivity index (χ0n) is 19.3. The van der Waals surface area contributed by atoms with Gasteiger partial charge in [0.2, 0.25) is 5.91 Å². The Bertz CT molecular complexity index is 1290. The summed E-state index contributed by atoms with van der Waals surface area (Å²) < 4.78 is 7.65. The largest absolute Gasteiger partial charge is 0.376 e. The van der Waals surface area contributed by atoms with Crippen LogP contribution in [0.25, 0.3) is 10.2 Å². The van der Waals surface area contributed by atoms with Gasteiger partial charge >= 0.3 is 0 Å². The van der Waals surface area contributed by atoms with Gasteiger partial charge in [-0.15, -0.1) is 11.3 Å². The Labute approximate surface area is 207 Å². The fourth-order valence-corrected chi connectivity index (χ4v) is 7.62. The molecule has 3 aromatic rings. The van der Waals surface area contributed by atoms with E-state index in [9.17, 15) is 9.59 Å². The monoisotopic (exact) mass is 495 g/mol. The molecule has 0 bridgehead atoms. The molecule has 6 nitrogen and oxygen atoms in total. The standard InChI is InChI=1S/C26H29N3O3S2/c30-22(28-12-11-17-6-1-2-7-18(17)14-28)16-33-26-27-24-23(20-9-3-4-10-21(20)34-24)25(31)29(26)15-19-8-5-13-32-19/h1-2,6-7,19H,3-5,8-16H2. The molecule has 0 spiro atoms. The van der Waals surface area contributed by atoms with Gasteiger partial charge in [0, 0.05) is 24.6 Å². The van der Waals surface area contributed by atoms with Crippen molar-refractivity contribution in [2.75, 3.05) is 18.9 Å². The number of aryl methyl sites for hydroxylation is 2. The van der Waals surface area contributed by atoms with Gasteiger partial charge < -0.3 is 9.64 Å². The fraction of sp³-hybridized carbons (Fsp3) is 0.500. The van der Waals surface area contributed by atoms with Gasteiger partial charge in [0.15, 0.2) is 5.16 Å². The number of hydrogen-bond donors (Lipinski definition) is 0. The molecule has 1 aliphatic carbocycles. The normalized spacial score (nSPS) is 19.9. The van der Waals surface area contributed by atoms with Gasteiger partial charge in [0.1, 0.15) is 4.83 Å². The van der Waals surface area contributed by atoms with Crippen LogP contribution in [0.2, 0.25) is 0 Å². The number of carbonyl (C=O) groups is 1. The van der Waals surface area contributed by atoms with Crippen molar-refractivity contribution in [3.8, 4) is 0 Å². The number of thiophene rings is 1. The number of fused-ring (bicyclic) bond motifs is 4. The molecular weight excluding hydrogens is 466 g/mol. The van der Waals surface area contributed by atoms with Crippen LogP contribution in [-0.4, -0.2) is 45.4 Å². The Hall–Kier alpha value is -2.16. The van der Waals surface area contributed by atoms with E-state index in [1.54, 1.807) is 15.9 Å². The first-order valence-corrected chi connectivity index (χ1v) is 14.1. The molecule has 178 valence electrons. The molecule has 2 aromatic heterocycles. The Morgan fingerprint density at radius 2 is 2.00 bits per heavy atom. The van der Waals surface area contributed by atoms with E-state index in [0.29, 0.717) is 18.2 Å². The van der Waals surface area contributed by atoms with E-state index in [-0.39, 0.29) is 23.3 Å². The molecule has 0 N–H and O–H groups in total. The number of carbonyl (C=O) groups excluding carboxylic acids is 1. The van der Waals surface area contributed by atoms with E-state index in [1.807, 2.05) is 11.0 Å². The second kappa shape index (κ2) is 9.47. The van der Waals surface area contributed by atoms with Crippen molar-refractivity contribution in [3.63, 3.8) is 0 Å². The number of aromatic nitrogens is 2. The van der Waals surface area contributed by atoms with Gasteiger partial charge in [0.05, 0.1) is 23.8 Å². The average Bonchev–Trinajstić information content (AvgIpc) is 3.51. The smallest absolute Gasteiger partial charge is 0.263 e. The van der Waals surface area contributed by atoms with Crippen LogP contribution in [0.1, 0.15) is 47.3 Å². The summed E-state index contributed by atoms with van der Waals surface area (Å²) in [6.07, 6.45) is 7.24. The summed E-state index contributed by atoms with van der Waals surface area (Å²) in [5, 5.41) is 1.46. The van der Waals surface area contributed by atoms with Gasteiger partial charge in [-0.1, -0.05) is 36.0 Å². The fourth-order valence-electron chi connectivity index (χ4n) is 5.41. The molecule has 1 aromatic carbocycles. The molecule has 8 heteroatoms. The van der Waals surface area contributed by atoms with Crippen molar-refractivity contribution in [3.05, 3.63) is 56.2 Å². The van der Waals surface area contributed by atoms with Crippen LogP contribution in [0.5, 0.6) is 0 Å². The number of ether oxygens (including phenoxy) is 1. The third-order valence-electron chi connectivity index (χ3n) is 7.26. The molecule has 0 saturated carbocycles. The van der Waals surface area contributed by atoms with Crippen molar-refractivity contribution < 1.29 is 9.53 Å². The van der Waals surface area contributed by atoms with Crippen LogP contribution < -0.4 is 5.56 Å². The van der Waals surface area contributed by atoms with Gasteiger partial charge in [-0.05, 0) is 61.6 Å². The van der Waals surface area contributed by atoms with Crippen molar-refractivity contribution in [1.29, 1.82) is 0 Å². The highest BCUT2D eigenvalue weighted by molar-refractivity contribution is 7.99. The zero-order valence-corrected chi connectivity index (χ0v) is 20.9. The Morgan fingerprint density at radius 1 is 1.15 bits per heavy atom. The first-order chi connectivity index (χ1) is 16.7. The van der Waals surface area contributed by atoms with Gasteiger partial charge in [0.25, 0.3) is 5.56 Å². The number of rotatable bonds is 5. The third-order valence-corrected chi connectivity index (χ3v) is 9.40. The first kappa shape index (κ1) is 22.3. The first-order valence-electron chi connectivity index (χ1n) is 12.3. The summed E-state index contributed by atoms with van der Waals surface area (Å²) in [6.45, 7) is 2.66.